The normalized spacial score (nSPS) is 18.5. The van der Waals surface area contributed by atoms with E-state index in [1.54, 1.807) is 0 Å². The molecule has 0 radical (unpaired) electrons. The lowest BCUT2D eigenvalue weighted by Gasteiger charge is -2.29. The third-order valence-corrected chi connectivity index (χ3v) is 4.68. The van der Waals surface area contributed by atoms with Gasteiger partial charge in [-0.05, 0) is 12.1 Å². The van der Waals surface area contributed by atoms with Gasteiger partial charge in [0.15, 0.2) is 9.84 Å². The highest BCUT2D eigenvalue weighted by Crippen LogP contribution is 2.30. The van der Waals surface area contributed by atoms with Crippen LogP contribution in [0.15, 0.2) is 12.1 Å². The van der Waals surface area contributed by atoms with Gasteiger partial charge >= 0.3 is 6.18 Å². The second-order valence-corrected chi connectivity index (χ2v) is 6.87. The number of halogens is 3. The van der Waals surface area contributed by atoms with Gasteiger partial charge < -0.3 is 10.6 Å². The third kappa shape index (κ3) is 3.43. The summed E-state index contributed by atoms with van der Waals surface area (Å²) in [5.41, 5.74) is 3.81. The summed E-state index contributed by atoms with van der Waals surface area (Å²) in [5, 5.41) is 0. The molecule has 1 saturated heterocycles. The number of carbonyl (C=O) groups is 1. The Hall–Kier alpha value is -1.84. The number of aromatic nitrogens is 1. The Morgan fingerprint density at radius 1 is 1.24 bits per heavy atom. The molecule has 0 aliphatic carbocycles. The summed E-state index contributed by atoms with van der Waals surface area (Å²) >= 11 is 0. The predicted octanol–water partition coefficient (Wildman–Crippen LogP) is 0.434. The van der Waals surface area contributed by atoms with E-state index in [1.807, 2.05) is 0 Å². The first-order valence-corrected chi connectivity index (χ1v) is 7.76. The number of nitrogens with two attached hydrogens (primary N) is 1. The molecule has 0 bridgehead atoms. The molecule has 21 heavy (non-hydrogen) atoms. The Kier molecular flexibility index (Phi) is 3.83. The molecule has 1 amide bonds. The van der Waals surface area contributed by atoms with E-state index < -0.39 is 27.6 Å². The van der Waals surface area contributed by atoms with E-state index in [9.17, 15) is 26.4 Å². The van der Waals surface area contributed by atoms with Gasteiger partial charge in [-0.3, -0.25) is 4.79 Å². The van der Waals surface area contributed by atoms with Gasteiger partial charge in [0.25, 0.3) is 5.91 Å². The van der Waals surface area contributed by atoms with Gasteiger partial charge in [0.2, 0.25) is 0 Å². The van der Waals surface area contributed by atoms with E-state index in [2.05, 4.69) is 4.98 Å². The molecule has 1 aliphatic heterocycles. The van der Waals surface area contributed by atoms with Crippen LogP contribution in [0.3, 0.4) is 0 Å². The molecule has 1 aliphatic rings. The standard InChI is InChI=1S/C11H12F3N3O3S/c12-11(13,14)8-2-1-7(9(15)18)10(16-8)17-3-5-21(19,20)6-4-17/h1-2H,3-6H2,(H2,15,18). The molecule has 2 N–H and O–H groups in total. The molecule has 0 unspecified atom stereocenters. The first-order valence-electron chi connectivity index (χ1n) is 5.93. The minimum Gasteiger partial charge on any atom is -0.365 e. The highest BCUT2D eigenvalue weighted by Gasteiger charge is 2.34. The van der Waals surface area contributed by atoms with E-state index in [1.165, 1.54) is 4.90 Å². The first-order chi connectivity index (χ1) is 9.60. The number of sulfone groups is 1. The maximum atomic E-state index is 12.7. The molecule has 1 aromatic heterocycles. The molecule has 2 rings (SSSR count). The molecule has 6 nitrogen and oxygen atoms in total. The lowest BCUT2D eigenvalue weighted by Crippen LogP contribution is -2.42. The Bertz CT molecular complexity index is 659. The van der Waals surface area contributed by atoms with Crippen molar-refractivity contribution in [3.05, 3.63) is 23.4 Å². The van der Waals surface area contributed by atoms with Crippen molar-refractivity contribution in [1.82, 2.24) is 4.98 Å². The van der Waals surface area contributed by atoms with Gasteiger partial charge in [0.1, 0.15) is 11.5 Å². The number of hydrogen-bond donors (Lipinski definition) is 1. The summed E-state index contributed by atoms with van der Waals surface area (Å²) in [6.45, 7) is -0.0617. The van der Waals surface area contributed by atoms with Gasteiger partial charge in [0.05, 0.1) is 17.1 Å². The van der Waals surface area contributed by atoms with Crippen molar-refractivity contribution in [3.63, 3.8) is 0 Å². The zero-order valence-corrected chi connectivity index (χ0v) is 11.5. The lowest BCUT2D eigenvalue weighted by atomic mass is 10.2. The Labute approximate surface area is 118 Å². The first kappa shape index (κ1) is 15.5. The van der Waals surface area contributed by atoms with Crippen LogP contribution < -0.4 is 10.6 Å². The molecule has 0 atom stereocenters. The topological polar surface area (TPSA) is 93.4 Å². The fourth-order valence-electron chi connectivity index (χ4n) is 1.96. The summed E-state index contributed by atoms with van der Waals surface area (Å²) in [7, 11) is -3.20. The average Bonchev–Trinajstić information content (AvgIpc) is 2.37. The molecular weight excluding hydrogens is 311 g/mol. The van der Waals surface area contributed by atoms with Crippen LogP contribution in [0.25, 0.3) is 0 Å². The van der Waals surface area contributed by atoms with Crippen LogP contribution in [-0.2, 0) is 16.0 Å². The summed E-state index contributed by atoms with van der Waals surface area (Å²) < 4.78 is 60.8. The maximum absolute atomic E-state index is 12.7. The zero-order chi connectivity index (χ0) is 15.8. The van der Waals surface area contributed by atoms with E-state index >= 15 is 0 Å². The van der Waals surface area contributed by atoms with Crippen LogP contribution in [0.1, 0.15) is 16.1 Å². The van der Waals surface area contributed by atoms with Crippen LogP contribution in [-0.4, -0.2) is 43.9 Å². The van der Waals surface area contributed by atoms with E-state index in [-0.39, 0.29) is 36.0 Å². The highest BCUT2D eigenvalue weighted by atomic mass is 32.2. The van der Waals surface area contributed by atoms with Crippen molar-refractivity contribution in [2.45, 2.75) is 6.18 Å². The number of hydrogen-bond acceptors (Lipinski definition) is 5. The number of primary amides is 1. The van der Waals surface area contributed by atoms with Crippen LogP contribution in [0, 0.1) is 0 Å². The van der Waals surface area contributed by atoms with Gasteiger partial charge in [-0.1, -0.05) is 0 Å². The smallest absolute Gasteiger partial charge is 0.365 e. The van der Waals surface area contributed by atoms with E-state index in [4.69, 9.17) is 5.73 Å². The molecule has 0 spiro atoms. The van der Waals surface area contributed by atoms with Crippen molar-refractivity contribution in [1.29, 1.82) is 0 Å². The Balaban J connectivity index is 2.42. The van der Waals surface area contributed by atoms with Crippen molar-refractivity contribution >= 4 is 21.6 Å². The van der Waals surface area contributed by atoms with Crippen molar-refractivity contribution in [3.8, 4) is 0 Å². The van der Waals surface area contributed by atoms with E-state index in [0.717, 1.165) is 6.07 Å². The molecule has 2 heterocycles. The second kappa shape index (κ2) is 5.17. The number of carbonyl (C=O) groups excluding carboxylic acids is 1. The largest absolute Gasteiger partial charge is 0.433 e. The van der Waals surface area contributed by atoms with E-state index in [0.29, 0.717) is 6.07 Å². The monoisotopic (exact) mass is 323 g/mol. The van der Waals surface area contributed by atoms with Crippen molar-refractivity contribution in [2.24, 2.45) is 5.73 Å². The molecule has 116 valence electrons. The average molecular weight is 323 g/mol. The minimum atomic E-state index is -4.66. The zero-order valence-electron chi connectivity index (χ0n) is 10.7. The number of rotatable bonds is 2. The van der Waals surface area contributed by atoms with Crippen molar-refractivity contribution in [2.75, 3.05) is 29.5 Å². The molecule has 0 aromatic carbocycles. The molecule has 1 fully saturated rings. The fourth-order valence-corrected chi connectivity index (χ4v) is 3.17. The highest BCUT2D eigenvalue weighted by molar-refractivity contribution is 7.91. The summed E-state index contributed by atoms with van der Waals surface area (Å²) in [4.78, 5) is 16.1. The quantitative estimate of drug-likeness (QED) is 0.852. The van der Waals surface area contributed by atoms with Gasteiger partial charge in [-0.25, -0.2) is 13.4 Å². The molecule has 1 aromatic rings. The van der Waals surface area contributed by atoms with Gasteiger partial charge in [0, 0.05) is 13.1 Å². The minimum absolute atomic E-state index is 0.0308. The lowest BCUT2D eigenvalue weighted by molar-refractivity contribution is -0.141. The third-order valence-electron chi connectivity index (χ3n) is 3.07. The number of amides is 1. The predicted molar refractivity (Wildman–Crippen MR) is 68.6 cm³/mol. The van der Waals surface area contributed by atoms with Crippen LogP contribution in [0.2, 0.25) is 0 Å². The molecule has 10 heteroatoms. The van der Waals surface area contributed by atoms with Crippen LogP contribution in [0.5, 0.6) is 0 Å². The fraction of sp³-hybridized carbons (Fsp3) is 0.455. The van der Waals surface area contributed by atoms with Gasteiger partial charge in [-0.2, -0.15) is 13.2 Å². The second-order valence-electron chi connectivity index (χ2n) is 4.57. The molecule has 0 saturated carbocycles. The van der Waals surface area contributed by atoms with Crippen LogP contribution in [0.4, 0.5) is 19.0 Å². The van der Waals surface area contributed by atoms with Crippen molar-refractivity contribution < 1.29 is 26.4 Å². The SMILES string of the molecule is NC(=O)c1ccc(C(F)(F)F)nc1N1CCS(=O)(=O)CC1. The number of alkyl halides is 3. The maximum Gasteiger partial charge on any atom is 0.433 e. The van der Waals surface area contributed by atoms with Crippen LogP contribution >= 0.6 is 0 Å². The number of pyridine rings is 1. The summed E-state index contributed by atoms with van der Waals surface area (Å²) in [5.74, 6) is -1.56. The number of nitrogens with zero attached hydrogens (tertiary/aromatic N) is 2. The summed E-state index contributed by atoms with van der Waals surface area (Å²) in [6, 6.07) is 1.63. The Morgan fingerprint density at radius 2 is 1.81 bits per heavy atom. The van der Waals surface area contributed by atoms with Gasteiger partial charge in [-0.15, -0.1) is 0 Å². The number of anilines is 1. The Morgan fingerprint density at radius 3 is 2.29 bits per heavy atom. The summed E-state index contributed by atoms with van der Waals surface area (Å²) in [6.07, 6.45) is -4.66. The molecular formula is C11H12F3N3O3S.